The van der Waals surface area contributed by atoms with Gasteiger partial charge in [-0.25, -0.2) is 0 Å². The Kier molecular flexibility index (Phi) is 20.6. The molecule has 0 spiro atoms. The number of likely N-dealkylation sites (N-methyl/N-ethyl adjacent to an activating group) is 1. The molecule has 0 N–H and O–H groups in total. The van der Waals surface area contributed by atoms with Crippen LogP contribution in [0.25, 0.3) is 12.2 Å². The van der Waals surface area contributed by atoms with Crippen molar-refractivity contribution in [2.75, 3.05) is 35.9 Å². The van der Waals surface area contributed by atoms with Crippen LogP contribution < -0.4 is 29.4 Å². The molecule has 1 aliphatic heterocycles. The number of Topliss-reactive ketones (excluding diaryl/α,β-unsaturated/α-hetero) is 2. The van der Waals surface area contributed by atoms with E-state index >= 15 is 0 Å². The SMILES string of the molecule is CCN1C(/C=C/c2ccc(N(c3ccc(N(c4ccccc4)c4ccccc4)cc3)c3ccc(N(c4ccccc4)c4ccccc4)cc3)cc2)=CC(=C2C(=O)c3ccccc3C2=O)C=C1/C=C/c1ccc(N(c2ccc(N(c3ccccc3)c3ccccc3)cc2)c2ccc(N(c3ccccc3)c3ccccc3)cc2)cc1. The molecule has 0 aromatic heterocycles. The lowest BCUT2D eigenvalue weighted by atomic mass is 9.97. The summed E-state index contributed by atoms with van der Waals surface area (Å²) in [5.41, 5.74) is 23.6. The quantitative estimate of drug-likeness (QED) is 0.0460. The van der Waals surface area contributed by atoms with Gasteiger partial charge in [0.1, 0.15) is 0 Å². The zero-order valence-electron chi connectivity index (χ0n) is 62.4. The maximum absolute atomic E-state index is 14.5. The average molecular weight is 1460 g/mol. The number of para-hydroxylation sites is 8. The van der Waals surface area contributed by atoms with Crippen LogP contribution in [0.5, 0.6) is 0 Å². The van der Waals surface area contributed by atoms with Gasteiger partial charge in [-0.2, -0.15) is 0 Å². The van der Waals surface area contributed by atoms with E-state index < -0.39 is 0 Å². The molecule has 0 unspecified atom stereocenters. The molecule has 0 amide bonds. The van der Waals surface area contributed by atoms with Crippen LogP contribution in [-0.4, -0.2) is 23.0 Å². The van der Waals surface area contributed by atoms with Crippen molar-refractivity contribution in [3.63, 3.8) is 0 Å². The van der Waals surface area contributed by atoms with Crippen molar-refractivity contribution in [2.24, 2.45) is 0 Å². The molecule has 15 aromatic rings. The molecule has 15 aromatic carbocycles. The van der Waals surface area contributed by atoms with Crippen molar-refractivity contribution < 1.29 is 9.59 Å². The van der Waals surface area contributed by atoms with Crippen molar-refractivity contribution in [3.05, 3.63) is 482 Å². The minimum Gasteiger partial charge on any atom is -0.342 e. The molecule has 0 atom stereocenters. The summed E-state index contributed by atoms with van der Waals surface area (Å²) in [4.78, 5) is 44.9. The standard InChI is InChI=1S/C104H79N7O2/c1-2-105-98(57-51-77-47-53-88(54-48-77)110(94-67-59-90(60-68-94)106(80-29-11-3-12-30-80)81-31-13-4-14-32-81)95-69-61-91(62-70-95)107(82-33-15-5-16-34-82)83-35-17-6-18-36-83)75-79(102-103(112)100-45-27-28-46-101(100)104(102)113)76-99(105)58-52-78-49-55-89(56-50-78)111(96-71-63-92(64-72-96)108(84-37-19-7-20-38-84)85-39-21-8-22-40-85)97-73-65-93(66-74-97)109(86-41-23-9-24-42-86)87-43-25-10-26-44-87/h3-76H,2H2,1H3/b57-51+,58-52+. The number of benzene rings is 15. The number of anilines is 18. The van der Waals surface area contributed by atoms with Gasteiger partial charge < -0.3 is 34.3 Å². The summed E-state index contributed by atoms with van der Waals surface area (Å²) in [5, 5.41) is 0. The minimum absolute atomic E-state index is 0.163. The number of carbonyl (C=O) groups excluding carboxylic acids is 2. The molecular formula is C104H79N7O2. The summed E-state index contributed by atoms with van der Waals surface area (Å²) < 4.78 is 0. The second-order valence-corrected chi connectivity index (χ2v) is 27.5. The van der Waals surface area contributed by atoms with Crippen LogP contribution >= 0.6 is 0 Å². The van der Waals surface area contributed by atoms with E-state index in [0.717, 1.165) is 125 Å². The fourth-order valence-corrected chi connectivity index (χ4v) is 15.1. The summed E-state index contributed by atoms with van der Waals surface area (Å²) in [5.74, 6) is -0.551. The van der Waals surface area contributed by atoms with E-state index in [0.29, 0.717) is 23.2 Å². The van der Waals surface area contributed by atoms with Gasteiger partial charge in [0.25, 0.3) is 0 Å². The van der Waals surface area contributed by atoms with E-state index in [1.54, 1.807) is 12.1 Å². The third kappa shape index (κ3) is 15.2. The Labute approximate surface area is 661 Å². The third-order valence-corrected chi connectivity index (χ3v) is 20.5. The van der Waals surface area contributed by atoms with Gasteiger partial charge in [0.2, 0.25) is 0 Å². The summed E-state index contributed by atoms with van der Waals surface area (Å²) >= 11 is 0. The van der Waals surface area contributed by atoms with Crippen molar-refractivity contribution in [1.82, 2.24) is 4.90 Å². The lowest BCUT2D eigenvalue weighted by Crippen LogP contribution is -2.23. The Bertz CT molecular complexity index is 5170. The molecule has 542 valence electrons. The second kappa shape index (κ2) is 32.8. The Morgan fingerprint density at radius 1 is 0.212 bits per heavy atom. The zero-order valence-corrected chi connectivity index (χ0v) is 62.4. The predicted octanol–water partition coefficient (Wildman–Crippen LogP) is 27.7. The highest BCUT2D eigenvalue weighted by Gasteiger charge is 2.36. The van der Waals surface area contributed by atoms with Gasteiger partial charge in [0.05, 0.1) is 5.57 Å². The Morgan fingerprint density at radius 2 is 0.381 bits per heavy atom. The van der Waals surface area contributed by atoms with Gasteiger partial charge in [-0.1, -0.05) is 206 Å². The summed E-state index contributed by atoms with van der Waals surface area (Å²) in [6, 6.07) is 143. The first-order valence-corrected chi connectivity index (χ1v) is 38.2. The van der Waals surface area contributed by atoms with Crippen molar-refractivity contribution in [2.45, 2.75) is 6.92 Å². The van der Waals surface area contributed by atoms with E-state index in [1.807, 2.05) is 72.8 Å². The topological polar surface area (TPSA) is 56.8 Å². The Morgan fingerprint density at radius 3 is 0.566 bits per heavy atom. The summed E-state index contributed by atoms with van der Waals surface area (Å²) in [6.07, 6.45) is 12.4. The molecule has 0 radical (unpaired) electrons. The van der Waals surface area contributed by atoms with Gasteiger partial charge in [-0.15, -0.1) is 0 Å². The molecule has 17 rings (SSSR count). The zero-order chi connectivity index (χ0) is 76.2. The minimum atomic E-state index is -0.276. The van der Waals surface area contributed by atoms with Gasteiger partial charge in [0.15, 0.2) is 11.6 Å². The molecule has 1 aliphatic carbocycles. The largest absolute Gasteiger partial charge is 0.342 e. The molecule has 0 bridgehead atoms. The first-order chi connectivity index (χ1) is 55.8. The average Bonchev–Trinajstić information content (AvgIpc) is 1.55. The van der Waals surface area contributed by atoms with E-state index in [-0.39, 0.29) is 17.1 Å². The smallest absolute Gasteiger partial charge is 0.198 e. The van der Waals surface area contributed by atoms with E-state index in [4.69, 9.17) is 0 Å². The van der Waals surface area contributed by atoms with Crippen LogP contribution in [0.1, 0.15) is 38.8 Å². The number of carbonyl (C=O) groups is 2. The predicted molar refractivity (Wildman–Crippen MR) is 470 cm³/mol. The van der Waals surface area contributed by atoms with E-state index in [1.165, 1.54) is 0 Å². The maximum Gasteiger partial charge on any atom is 0.198 e. The van der Waals surface area contributed by atoms with Crippen LogP contribution in [0.15, 0.2) is 459 Å². The number of fused-ring (bicyclic) bond motifs is 1. The first kappa shape index (κ1) is 70.9. The maximum atomic E-state index is 14.5. The van der Waals surface area contributed by atoms with Crippen LogP contribution in [0.4, 0.5) is 102 Å². The summed E-state index contributed by atoms with van der Waals surface area (Å²) in [7, 11) is 0. The highest BCUT2D eigenvalue weighted by Crippen LogP contribution is 2.45. The third-order valence-electron chi connectivity index (χ3n) is 20.5. The highest BCUT2D eigenvalue weighted by atomic mass is 16.2. The normalized spacial score (nSPS) is 12.5. The number of rotatable bonds is 23. The first-order valence-electron chi connectivity index (χ1n) is 38.2. The fourth-order valence-electron chi connectivity index (χ4n) is 15.1. The monoisotopic (exact) mass is 1460 g/mol. The number of allylic oxidation sites excluding steroid dienone is 6. The van der Waals surface area contributed by atoms with Crippen molar-refractivity contribution >= 4 is 126 Å². The summed E-state index contributed by atoms with van der Waals surface area (Å²) in [6.45, 7) is 2.72. The van der Waals surface area contributed by atoms with E-state index in [2.05, 4.69) is 405 Å². The van der Waals surface area contributed by atoms with Crippen molar-refractivity contribution in [3.8, 4) is 0 Å². The van der Waals surface area contributed by atoms with E-state index in [9.17, 15) is 9.59 Å². The number of hydrogen-bond acceptors (Lipinski definition) is 9. The number of hydrogen-bond donors (Lipinski definition) is 0. The molecule has 0 saturated carbocycles. The lowest BCUT2D eigenvalue weighted by molar-refractivity contribution is 0.0987. The molecule has 1 heterocycles. The Balaban J connectivity index is 0.696. The van der Waals surface area contributed by atoms with Crippen LogP contribution in [0, 0.1) is 0 Å². The number of ketones is 2. The van der Waals surface area contributed by atoms with Crippen LogP contribution in [0.3, 0.4) is 0 Å². The molecule has 113 heavy (non-hydrogen) atoms. The van der Waals surface area contributed by atoms with Gasteiger partial charge in [-0.05, 0) is 266 Å². The molecule has 0 fully saturated rings. The van der Waals surface area contributed by atoms with Gasteiger partial charge in [0, 0.05) is 131 Å². The molecule has 9 nitrogen and oxygen atoms in total. The molecular weight excluding hydrogens is 1380 g/mol. The Hall–Kier alpha value is -15.1. The lowest BCUT2D eigenvalue weighted by Gasteiger charge is -2.30. The fraction of sp³-hybridized carbons (Fsp3) is 0.0192. The van der Waals surface area contributed by atoms with Crippen molar-refractivity contribution in [1.29, 1.82) is 0 Å². The second-order valence-electron chi connectivity index (χ2n) is 27.5. The highest BCUT2D eigenvalue weighted by molar-refractivity contribution is 6.40. The molecule has 9 heteroatoms. The van der Waals surface area contributed by atoms with Crippen LogP contribution in [-0.2, 0) is 0 Å². The van der Waals surface area contributed by atoms with Gasteiger partial charge >= 0.3 is 0 Å². The molecule has 0 saturated heterocycles. The van der Waals surface area contributed by atoms with Gasteiger partial charge in [-0.3, -0.25) is 9.59 Å². The number of nitrogens with zero attached hydrogens (tertiary/aromatic N) is 7. The van der Waals surface area contributed by atoms with Crippen LogP contribution in [0.2, 0.25) is 0 Å². The molecule has 2 aliphatic rings.